The zero-order valence-corrected chi connectivity index (χ0v) is 9.37. The van der Waals surface area contributed by atoms with Gasteiger partial charge in [-0.05, 0) is 49.9 Å². The predicted octanol–water partition coefficient (Wildman–Crippen LogP) is 1.99. The van der Waals surface area contributed by atoms with Crippen LogP contribution in [0.4, 0.5) is 0 Å². The van der Waals surface area contributed by atoms with E-state index in [0.29, 0.717) is 12.0 Å². The summed E-state index contributed by atoms with van der Waals surface area (Å²) in [6, 6.07) is 9.18. The summed E-state index contributed by atoms with van der Waals surface area (Å²) in [4.78, 5) is 0. The second kappa shape index (κ2) is 4.77. The summed E-state index contributed by atoms with van der Waals surface area (Å²) < 4.78 is 0. The molecule has 1 aromatic rings. The highest BCUT2D eigenvalue weighted by molar-refractivity contribution is 5.28. The lowest BCUT2D eigenvalue weighted by Crippen LogP contribution is -2.36. The maximum atomic E-state index is 5.68. The maximum absolute atomic E-state index is 5.68. The van der Waals surface area contributed by atoms with Gasteiger partial charge in [-0.25, -0.2) is 0 Å². The van der Waals surface area contributed by atoms with Gasteiger partial charge in [0.1, 0.15) is 0 Å². The number of nitrogens with two attached hydrogens (primary N) is 1. The number of hydrogen-bond donors (Lipinski definition) is 2. The number of benzene rings is 1. The van der Waals surface area contributed by atoms with Crippen LogP contribution in [-0.2, 0) is 0 Å². The van der Waals surface area contributed by atoms with E-state index in [1.165, 1.54) is 24.0 Å². The molecule has 1 aromatic carbocycles. The fraction of sp³-hybridized carbons (Fsp3) is 0.538. The molecule has 0 aliphatic carbocycles. The minimum Gasteiger partial charge on any atom is -0.330 e. The van der Waals surface area contributed by atoms with Crippen molar-refractivity contribution in [2.24, 2.45) is 11.7 Å². The molecule has 2 heteroatoms. The van der Waals surface area contributed by atoms with Gasteiger partial charge in [0.05, 0.1) is 0 Å². The minimum atomic E-state index is 0.536. The normalized spacial score (nSPS) is 26.5. The van der Waals surface area contributed by atoms with E-state index in [2.05, 4.69) is 36.5 Å². The topological polar surface area (TPSA) is 38.0 Å². The van der Waals surface area contributed by atoms with Crippen molar-refractivity contribution >= 4 is 0 Å². The van der Waals surface area contributed by atoms with Crippen LogP contribution in [0, 0.1) is 12.8 Å². The Bertz CT molecular complexity index is 314. The standard InChI is InChI=1S/C13H20N2/c1-10-4-2-3-5-12(10)13-7-6-11(8-14)9-15-13/h2-5,11,13,15H,6-9,14H2,1H3. The van der Waals surface area contributed by atoms with Crippen LogP contribution in [0.5, 0.6) is 0 Å². The largest absolute Gasteiger partial charge is 0.330 e. The Labute approximate surface area is 91.9 Å². The molecule has 0 bridgehead atoms. The molecule has 1 aliphatic heterocycles. The van der Waals surface area contributed by atoms with Gasteiger partial charge in [0, 0.05) is 6.04 Å². The molecule has 2 unspecified atom stereocenters. The molecule has 2 atom stereocenters. The molecule has 1 heterocycles. The van der Waals surface area contributed by atoms with E-state index < -0.39 is 0 Å². The van der Waals surface area contributed by atoms with Crippen molar-refractivity contribution in [1.29, 1.82) is 0 Å². The summed E-state index contributed by atoms with van der Waals surface area (Å²) in [7, 11) is 0. The molecule has 0 saturated carbocycles. The monoisotopic (exact) mass is 204 g/mol. The van der Waals surface area contributed by atoms with Gasteiger partial charge in [0.2, 0.25) is 0 Å². The lowest BCUT2D eigenvalue weighted by atomic mass is 9.89. The summed E-state index contributed by atoms with van der Waals surface area (Å²) >= 11 is 0. The summed E-state index contributed by atoms with van der Waals surface area (Å²) in [5.41, 5.74) is 8.52. The van der Waals surface area contributed by atoms with Crippen LogP contribution in [0.1, 0.15) is 30.0 Å². The van der Waals surface area contributed by atoms with E-state index in [-0.39, 0.29) is 0 Å². The van der Waals surface area contributed by atoms with Crippen molar-refractivity contribution in [3.63, 3.8) is 0 Å². The highest BCUT2D eigenvalue weighted by Gasteiger charge is 2.21. The van der Waals surface area contributed by atoms with E-state index in [1.54, 1.807) is 0 Å². The van der Waals surface area contributed by atoms with Gasteiger partial charge in [0.15, 0.2) is 0 Å². The number of rotatable bonds is 2. The third-order valence-electron chi connectivity index (χ3n) is 3.41. The first-order chi connectivity index (χ1) is 7.31. The molecule has 3 N–H and O–H groups in total. The highest BCUT2D eigenvalue weighted by Crippen LogP contribution is 2.27. The Balaban J connectivity index is 2.04. The fourth-order valence-corrected chi connectivity index (χ4v) is 2.36. The van der Waals surface area contributed by atoms with Crippen LogP contribution in [0.3, 0.4) is 0 Å². The Kier molecular flexibility index (Phi) is 3.39. The quantitative estimate of drug-likeness (QED) is 0.773. The Morgan fingerprint density at radius 3 is 2.73 bits per heavy atom. The Morgan fingerprint density at radius 1 is 1.33 bits per heavy atom. The van der Waals surface area contributed by atoms with Gasteiger partial charge in [-0.1, -0.05) is 24.3 Å². The van der Waals surface area contributed by atoms with Crippen molar-refractivity contribution in [3.05, 3.63) is 35.4 Å². The van der Waals surface area contributed by atoms with Gasteiger partial charge >= 0.3 is 0 Å². The fourth-order valence-electron chi connectivity index (χ4n) is 2.36. The van der Waals surface area contributed by atoms with Crippen molar-refractivity contribution < 1.29 is 0 Å². The predicted molar refractivity (Wildman–Crippen MR) is 63.7 cm³/mol. The van der Waals surface area contributed by atoms with Crippen molar-refractivity contribution in [2.45, 2.75) is 25.8 Å². The Morgan fingerprint density at radius 2 is 2.13 bits per heavy atom. The van der Waals surface area contributed by atoms with Gasteiger partial charge in [-0.15, -0.1) is 0 Å². The molecule has 0 spiro atoms. The molecule has 0 radical (unpaired) electrons. The average molecular weight is 204 g/mol. The Hall–Kier alpha value is -0.860. The summed E-state index contributed by atoms with van der Waals surface area (Å²) in [6.45, 7) is 4.06. The van der Waals surface area contributed by atoms with Crippen molar-refractivity contribution in [1.82, 2.24) is 5.32 Å². The lowest BCUT2D eigenvalue weighted by molar-refractivity contribution is 0.319. The first-order valence-electron chi connectivity index (χ1n) is 5.80. The van der Waals surface area contributed by atoms with E-state index in [4.69, 9.17) is 5.73 Å². The van der Waals surface area contributed by atoms with Gasteiger partial charge in [-0.3, -0.25) is 0 Å². The van der Waals surface area contributed by atoms with Gasteiger partial charge < -0.3 is 11.1 Å². The molecule has 82 valence electrons. The van der Waals surface area contributed by atoms with E-state index in [1.807, 2.05) is 0 Å². The molecule has 1 saturated heterocycles. The molecule has 1 fully saturated rings. The van der Waals surface area contributed by atoms with E-state index in [0.717, 1.165) is 13.1 Å². The number of piperidine rings is 1. The second-order valence-electron chi connectivity index (χ2n) is 4.50. The lowest BCUT2D eigenvalue weighted by Gasteiger charge is -2.30. The van der Waals surface area contributed by atoms with Crippen LogP contribution in [0.2, 0.25) is 0 Å². The van der Waals surface area contributed by atoms with E-state index in [9.17, 15) is 0 Å². The molecule has 0 aromatic heterocycles. The number of aryl methyl sites for hydroxylation is 1. The third kappa shape index (κ3) is 2.39. The van der Waals surface area contributed by atoms with Crippen molar-refractivity contribution in [2.75, 3.05) is 13.1 Å². The minimum absolute atomic E-state index is 0.536. The van der Waals surface area contributed by atoms with Crippen LogP contribution in [0.15, 0.2) is 24.3 Å². The molecule has 15 heavy (non-hydrogen) atoms. The summed E-state index contributed by atoms with van der Waals surface area (Å²) in [5.74, 6) is 0.672. The number of hydrogen-bond acceptors (Lipinski definition) is 2. The van der Waals surface area contributed by atoms with Gasteiger partial charge in [-0.2, -0.15) is 0 Å². The highest BCUT2D eigenvalue weighted by atomic mass is 14.9. The number of nitrogens with one attached hydrogen (secondary N) is 1. The van der Waals surface area contributed by atoms with Crippen LogP contribution in [0.25, 0.3) is 0 Å². The second-order valence-corrected chi connectivity index (χ2v) is 4.50. The summed E-state index contributed by atoms with van der Waals surface area (Å²) in [6.07, 6.45) is 2.47. The zero-order valence-electron chi connectivity index (χ0n) is 9.37. The molecule has 1 aliphatic rings. The van der Waals surface area contributed by atoms with E-state index >= 15 is 0 Å². The zero-order chi connectivity index (χ0) is 10.7. The molecular weight excluding hydrogens is 184 g/mol. The van der Waals surface area contributed by atoms with Crippen LogP contribution in [-0.4, -0.2) is 13.1 Å². The third-order valence-corrected chi connectivity index (χ3v) is 3.41. The smallest absolute Gasteiger partial charge is 0.0323 e. The van der Waals surface area contributed by atoms with Gasteiger partial charge in [0.25, 0.3) is 0 Å². The maximum Gasteiger partial charge on any atom is 0.0323 e. The molecule has 2 rings (SSSR count). The van der Waals surface area contributed by atoms with Crippen LogP contribution < -0.4 is 11.1 Å². The summed E-state index contributed by atoms with van der Waals surface area (Å²) in [5, 5.41) is 3.60. The molecular formula is C13H20N2. The first-order valence-corrected chi connectivity index (χ1v) is 5.80. The average Bonchev–Trinajstić information content (AvgIpc) is 2.30. The molecule has 2 nitrogen and oxygen atoms in total. The van der Waals surface area contributed by atoms with Crippen LogP contribution >= 0.6 is 0 Å². The van der Waals surface area contributed by atoms with Crippen molar-refractivity contribution in [3.8, 4) is 0 Å². The first kappa shape index (κ1) is 10.7. The molecule has 0 amide bonds. The SMILES string of the molecule is Cc1ccccc1C1CCC(CN)CN1.